The molecule has 11 heavy (non-hydrogen) atoms. The topological polar surface area (TPSA) is 71.4 Å². The first-order valence-electron chi connectivity index (χ1n) is 3.44. The lowest BCUT2D eigenvalue weighted by molar-refractivity contribution is -0.191. The summed E-state index contributed by atoms with van der Waals surface area (Å²) < 4.78 is 0. The molecule has 0 radical (unpaired) electrons. The zero-order valence-electron chi connectivity index (χ0n) is 6.08. The molecule has 0 bridgehead atoms. The van der Waals surface area contributed by atoms with Gasteiger partial charge in [-0.05, 0) is 12.8 Å². The summed E-state index contributed by atoms with van der Waals surface area (Å²) >= 11 is 0. The second kappa shape index (κ2) is 5.62. The molecule has 1 aliphatic rings. The molecule has 1 rings (SSSR count). The Kier molecular flexibility index (Phi) is 5.03. The molecule has 0 aromatic carbocycles. The molecular weight excluding hydrogens is 148 g/mol. The average molecular weight is 158 g/mol. The summed E-state index contributed by atoms with van der Waals surface area (Å²) in [6.45, 7) is 0. The Labute approximate surface area is 64.2 Å². The third-order valence-corrected chi connectivity index (χ3v) is 1.70. The van der Waals surface area contributed by atoms with Gasteiger partial charge in [-0.3, -0.25) is 4.79 Å². The molecular formula is C7H10O4. The van der Waals surface area contributed by atoms with Crippen LogP contribution in [0.1, 0.15) is 25.7 Å². The molecule has 0 heterocycles. The fraction of sp³-hybridized carbons (Fsp3) is 0.714. The minimum absolute atomic E-state index is 0.0185. The van der Waals surface area contributed by atoms with Crippen LogP contribution >= 0.6 is 0 Å². The highest BCUT2D eigenvalue weighted by molar-refractivity contribution is 5.70. The number of aliphatic carboxylic acids is 1. The van der Waals surface area contributed by atoms with E-state index in [1.165, 1.54) is 0 Å². The van der Waals surface area contributed by atoms with E-state index < -0.39 is 5.97 Å². The van der Waals surface area contributed by atoms with Crippen molar-refractivity contribution >= 4 is 12.1 Å². The second-order valence-corrected chi connectivity index (χ2v) is 2.40. The fourth-order valence-corrected chi connectivity index (χ4v) is 1.17. The van der Waals surface area contributed by atoms with Crippen molar-refractivity contribution < 1.29 is 19.5 Å². The van der Waals surface area contributed by atoms with Crippen LogP contribution in [0.2, 0.25) is 0 Å². The Balaban J connectivity index is 0.000000292. The Hall–Kier alpha value is -1.15. The lowest BCUT2D eigenvalue weighted by Crippen LogP contribution is -2.07. The number of carbonyl (C=O) groups is 1. The molecule has 0 atom stereocenters. The van der Waals surface area contributed by atoms with E-state index in [4.69, 9.17) is 14.7 Å². The van der Waals surface area contributed by atoms with Gasteiger partial charge in [0.1, 0.15) is 0 Å². The van der Waals surface area contributed by atoms with E-state index in [-0.39, 0.29) is 12.1 Å². The van der Waals surface area contributed by atoms with Crippen LogP contribution in [-0.2, 0) is 14.4 Å². The van der Waals surface area contributed by atoms with E-state index in [0.29, 0.717) is 0 Å². The minimum Gasteiger partial charge on any atom is -0.481 e. The van der Waals surface area contributed by atoms with Crippen LogP contribution in [0.5, 0.6) is 0 Å². The Morgan fingerprint density at radius 3 is 1.82 bits per heavy atom. The first-order chi connectivity index (χ1) is 5.22. The lowest BCUT2D eigenvalue weighted by Gasteiger charge is -1.97. The maximum Gasteiger partial charge on any atom is 0.373 e. The summed E-state index contributed by atoms with van der Waals surface area (Å²) in [5.74, 6) is -0.627. The molecule has 0 aliphatic heterocycles. The quantitative estimate of drug-likeness (QED) is 0.609. The number of hydrogen-bond acceptors (Lipinski definition) is 3. The largest absolute Gasteiger partial charge is 0.481 e. The van der Waals surface area contributed by atoms with Gasteiger partial charge in [-0.25, -0.2) is 0 Å². The SMILES string of the molecule is O=C(O)C1CCCC1.O=C=O. The van der Waals surface area contributed by atoms with Crippen LogP contribution in [0.3, 0.4) is 0 Å². The molecule has 0 aromatic heterocycles. The van der Waals surface area contributed by atoms with Crippen molar-refractivity contribution in [2.75, 3.05) is 0 Å². The van der Waals surface area contributed by atoms with Gasteiger partial charge < -0.3 is 5.11 Å². The van der Waals surface area contributed by atoms with Crippen LogP contribution in [0.4, 0.5) is 0 Å². The molecule has 1 aliphatic carbocycles. The highest BCUT2D eigenvalue weighted by Gasteiger charge is 2.20. The van der Waals surface area contributed by atoms with E-state index in [1.54, 1.807) is 0 Å². The molecule has 0 amide bonds. The van der Waals surface area contributed by atoms with Crippen LogP contribution in [0.15, 0.2) is 0 Å². The van der Waals surface area contributed by atoms with Gasteiger partial charge >= 0.3 is 12.1 Å². The van der Waals surface area contributed by atoms with Gasteiger partial charge in [-0.15, -0.1) is 0 Å². The maximum atomic E-state index is 10.2. The average Bonchev–Trinajstić information content (AvgIpc) is 2.38. The van der Waals surface area contributed by atoms with Gasteiger partial charge in [0.15, 0.2) is 0 Å². The zero-order valence-corrected chi connectivity index (χ0v) is 6.08. The molecule has 0 saturated heterocycles. The summed E-state index contributed by atoms with van der Waals surface area (Å²) in [7, 11) is 0. The summed E-state index contributed by atoms with van der Waals surface area (Å²) in [6.07, 6.45) is 4.26. The number of carboxylic acid groups (broad SMARTS) is 1. The van der Waals surface area contributed by atoms with E-state index in [9.17, 15) is 4.79 Å². The van der Waals surface area contributed by atoms with E-state index in [1.807, 2.05) is 0 Å². The van der Waals surface area contributed by atoms with E-state index in [2.05, 4.69) is 0 Å². The zero-order chi connectivity index (χ0) is 8.69. The number of rotatable bonds is 1. The van der Waals surface area contributed by atoms with Crippen molar-refractivity contribution in [3.05, 3.63) is 0 Å². The molecule has 62 valence electrons. The van der Waals surface area contributed by atoms with Crippen LogP contribution in [-0.4, -0.2) is 17.2 Å². The molecule has 0 aromatic rings. The summed E-state index contributed by atoms with van der Waals surface area (Å²) in [5, 5.41) is 8.41. The molecule has 1 fully saturated rings. The molecule has 1 N–H and O–H groups in total. The Morgan fingerprint density at radius 2 is 1.64 bits per heavy atom. The highest BCUT2D eigenvalue weighted by Crippen LogP contribution is 2.24. The monoisotopic (exact) mass is 158 g/mol. The van der Waals surface area contributed by atoms with Gasteiger partial charge in [0.25, 0.3) is 0 Å². The van der Waals surface area contributed by atoms with Crippen molar-refractivity contribution in [3.8, 4) is 0 Å². The van der Waals surface area contributed by atoms with Crippen molar-refractivity contribution in [2.45, 2.75) is 25.7 Å². The number of carboxylic acids is 1. The first-order valence-corrected chi connectivity index (χ1v) is 3.44. The summed E-state index contributed by atoms with van der Waals surface area (Å²) in [5.41, 5.74) is 0. The summed E-state index contributed by atoms with van der Waals surface area (Å²) in [4.78, 5) is 26.5. The van der Waals surface area contributed by atoms with Gasteiger partial charge in [0.2, 0.25) is 0 Å². The van der Waals surface area contributed by atoms with E-state index in [0.717, 1.165) is 25.7 Å². The van der Waals surface area contributed by atoms with Crippen molar-refractivity contribution in [1.29, 1.82) is 0 Å². The van der Waals surface area contributed by atoms with Crippen LogP contribution in [0, 0.1) is 5.92 Å². The smallest absolute Gasteiger partial charge is 0.373 e. The molecule has 0 spiro atoms. The molecule has 4 heteroatoms. The Morgan fingerprint density at radius 1 is 1.27 bits per heavy atom. The highest BCUT2D eigenvalue weighted by atomic mass is 16.4. The van der Waals surface area contributed by atoms with Gasteiger partial charge in [0.05, 0.1) is 5.92 Å². The standard InChI is InChI=1S/C6H10O2.CO2/c7-6(8)5-3-1-2-4-5;2-1-3/h5H,1-4H2,(H,7,8);. The molecule has 4 nitrogen and oxygen atoms in total. The van der Waals surface area contributed by atoms with E-state index >= 15 is 0 Å². The summed E-state index contributed by atoms with van der Waals surface area (Å²) in [6, 6.07) is 0. The van der Waals surface area contributed by atoms with Crippen LogP contribution in [0.25, 0.3) is 0 Å². The number of carbonyl (C=O) groups excluding carboxylic acids is 2. The maximum absolute atomic E-state index is 10.2. The third kappa shape index (κ3) is 4.28. The number of hydrogen-bond donors (Lipinski definition) is 1. The molecule has 0 unspecified atom stereocenters. The Bertz CT molecular complexity index is 152. The fourth-order valence-electron chi connectivity index (χ4n) is 1.17. The van der Waals surface area contributed by atoms with Crippen LogP contribution < -0.4 is 0 Å². The van der Waals surface area contributed by atoms with Crippen molar-refractivity contribution in [3.63, 3.8) is 0 Å². The predicted octanol–water partition coefficient (Wildman–Crippen LogP) is 0.678. The van der Waals surface area contributed by atoms with Gasteiger partial charge in [0, 0.05) is 0 Å². The normalized spacial score (nSPS) is 16.4. The lowest BCUT2D eigenvalue weighted by atomic mass is 10.1. The molecule has 1 saturated carbocycles. The third-order valence-electron chi connectivity index (χ3n) is 1.70. The van der Waals surface area contributed by atoms with Gasteiger partial charge in [-0.1, -0.05) is 12.8 Å². The first kappa shape index (κ1) is 9.85. The second-order valence-electron chi connectivity index (χ2n) is 2.40. The van der Waals surface area contributed by atoms with Crippen molar-refractivity contribution in [1.82, 2.24) is 0 Å². The van der Waals surface area contributed by atoms with Gasteiger partial charge in [-0.2, -0.15) is 9.59 Å². The predicted molar refractivity (Wildman–Crippen MR) is 34.6 cm³/mol. The minimum atomic E-state index is -0.609. The van der Waals surface area contributed by atoms with Crippen molar-refractivity contribution in [2.24, 2.45) is 5.92 Å².